The van der Waals surface area contributed by atoms with Gasteiger partial charge in [-0.25, -0.2) is 9.37 Å². The lowest BCUT2D eigenvalue weighted by Gasteiger charge is -2.38. The van der Waals surface area contributed by atoms with Crippen molar-refractivity contribution in [2.24, 2.45) is 0 Å². The zero-order valence-corrected chi connectivity index (χ0v) is 15.1. The van der Waals surface area contributed by atoms with Crippen LogP contribution in [0.3, 0.4) is 0 Å². The predicted octanol–water partition coefficient (Wildman–Crippen LogP) is 2.99. The Morgan fingerprint density at radius 1 is 1.38 bits per heavy atom. The second-order valence-electron chi connectivity index (χ2n) is 6.13. The number of benzene rings is 1. The summed E-state index contributed by atoms with van der Waals surface area (Å²) in [5.41, 5.74) is 0.00852. The van der Waals surface area contributed by atoms with Crippen molar-refractivity contribution in [2.75, 3.05) is 30.4 Å². The highest BCUT2D eigenvalue weighted by Crippen LogP contribution is 2.29. The number of halogens is 2. The highest BCUT2D eigenvalue weighted by Gasteiger charge is 2.33. The molecule has 0 spiro atoms. The lowest BCUT2D eigenvalue weighted by molar-refractivity contribution is 0.0162. The largest absolute Gasteiger partial charge is 0.389 e. The number of aliphatic hydroxyl groups is 1. The fourth-order valence-electron chi connectivity index (χ4n) is 3.01. The minimum absolute atomic E-state index is 0.267. The van der Waals surface area contributed by atoms with E-state index in [0.29, 0.717) is 38.3 Å². The highest BCUT2D eigenvalue weighted by atomic mass is 79.9. The van der Waals surface area contributed by atoms with Crippen molar-refractivity contribution in [3.05, 3.63) is 46.3 Å². The molecule has 1 aromatic heterocycles. The number of hydrogen-bond donors (Lipinski definition) is 2. The minimum Gasteiger partial charge on any atom is -0.389 e. The third-order valence-electron chi connectivity index (χ3n) is 4.37. The molecule has 5 nitrogen and oxygen atoms in total. The van der Waals surface area contributed by atoms with Gasteiger partial charge in [-0.3, -0.25) is 0 Å². The van der Waals surface area contributed by atoms with Crippen molar-refractivity contribution >= 4 is 27.7 Å². The van der Waals surface area contributed by atoms with Crippen molar-refractivity contribution in [3.8, 4) is 0 Å². The maximum atomic E-state index is 13.3. The van der Waals surface area contributed by atoms with Crippen LogP contribution in [-0.2, 0) is 6.42 Å². The van der Waals surface area contributed by atoms with Crippen LogP contribution in [0.25, 0.3) is 0 Å². The third-order valence-corrected chi connectivity index (χ3v) is 4.95. The highest BCUT2D eigenvalue weighted by molar-refractivity contribution is 9.10. The van der Waals surface area contributed by atoms with Crippen LogP contribution in [0, 0.1) is 5.82 Å². The Kier molecular flexibility index (Phi) is 5.01. The molecule has 0 saturated carbocycles. The van der Waals surface area contributed by atoms with Crippen LogP contribution in [0.5, 0.6) is 0 Å². The van der Waals surface area contributed by atoms with E-state index in [1.807, 2.05) is 13.1 Å². The summed E-state index contributed by atoms with van der Waals surface area (Å²) in [5.74, 6) is 1.12. The lowest BCUT2D eigenvalue weighted by Crippen LogP contribution is -2.46. The summed E-state index contributed by atoms with van der Waals surface area (Å²) >= 11 is 3.40. The molecule has 1 saturated heterocycles. The third kappa shape index (κ3) is 3.84. The molecule has 0 unspecified atom stereocenters. The summed E-state index contributed by atoms with van der Waals surface area (Å²) in [5, 5.41) is 13.8. The van der Waals surface area contributed by atoms with E-state index in [4.69, 9.17) is 0 Å². The van der Waals surface area contributed by atoms with E-state index < -0.39 is 5.60 Å². The molecule has 2 aromatic rings. The Morgan fingerprint density at radius 2 is 2.12 bits per heavy atom. The number of hydrogen-bond acceptors (Lipinski definition) is 5. The summed E-state index contributed by atoms with van der Waals surface area (Å²) in [6.07, 6.45) is 3.37. The van der Waals surface area contributed by atoms with Crippen LogP contribution in [0.15, 0.2) is 34.9 Å². The maximum Gasteiger partial charge on any atom is 0.227 e. The minimum atomic E-state index is -0.814. The van der Waals surface area contributed by atoms with E-state index in [-0.39, 0.29) is 5.82 Å². The van der Waals surface area contributed by atoms with Crippen LogP contribution >= 0.6 is 15.9 Å². The molecule has 2 N–H and O–H groups in total. The summed E-state index contributed by atoms with van der Waals surface area (Å²) in [6.45, 7) is 1.33. The first-order valence-electron chi connectivity index (χ1n) is 7.91. The van der Waals surface area contributed by atoms with Gasteiger partial charge < -0.3 is 15.3 Å². The van der Waals surface area contributed by atoms with Crippen molar-refractivity contribution < 1.29 is 9.50 Å². The first-order valence-corrected chi connectivity index (χ1v) is 8.70. The molecular formula is C17H20BrFN4O. The first-order chi connectivity index (χ1) is 11.5. The Hall–Kier alpha value is -1.73. The number of rotatable bonds is 4. The standard InChI is InChI=1S/C17H20BrFN4O/c1-20-15-14(18)11-21-16(22-15)23-7-5-17(24,6-8-23)10-12-3-2-4-13(19)9-12/h2-4,9,11,24H,5-8,10H2,1H3,(H,20,21,22). The van der Waals surface area contributed by atoms with Crippen molar-refractivity contribution in [3.63, 3.8) is 0 Å². The zero-order chi connectivity index (χ0) is 17.2. The van der Waals surface area contributed by atoms with Crippen molar-refractivity contribution in [1.82, 2.24) is 9.97 Å². The quantitative estimate of drug-likeness (QED) is 0.834. The van der Waals surface area contributed by atoms with Crippen molar-refractivity contribution in [2.45, 2.75) is 24.9 Å². The summed E-state index contributed by atoms with van der Waals surface area (Å²) < 4.78 is 14.1. The smallest absolute Gasteiger partial charge is 0.227 e. The Bertz CT molecular complexity index is 719. The molecule has 24 heavy (non-hydrogen) atoms. The zero-order valence-electron chi connectivity index (χ0n) is 13.5. The number of nitrogens with zero attached hydrogens (tertiary/aromatic N) is 3. The first kappa shape index (κ1) is 17.1. The van der Waals surface area contributed by atoms with Crippen LogP contribution < -0.4 is 10.2 Å². The van der Waals surface area contributed by atoms with Gasteiger partial charge in [-0.05, 0) is 46.5 Å². The van der Waals surface area contributed by atoms with Gasteiger partial charge in [0.25, 0.3) is 0 Å². The molecule has 128 valence electrons. The molecule has 1 aliphatic rings. The van der Waals surface area contributed by atoms with E-state index in [9.17, 15) is 9.50 Å². The SMILES string of the molecule is CNc1nc(N2CCC(O)(Cc3cccc(F)c3)CC2)ncc1Br. The second kappa shape index (κ2) is 7.03. The number of anilines is 2. The second-order valence-corrected chi connectivity index (χ2v) is 6.99. The van der Waals surface area contributed by atoms with Gasteiger partial charge in [0.05, 0.1) is 10.1 Å². The van der Waals surface area contributed by atoms with Gasteiger partial charge >= 0.3 is 0 Å². The topological polar surface area (TPSA) is 61.3 Å². The van der Waals surface area contributed by atoms with Gasteiger partial charge in [-0.1, -0.05) is 12.1 Å². The summed E-state index contributed by atoms with van der Waals surface area (Å²) in [6, 6.07) is 6.43. The molecule has 7 heteroatoms. The fourth-order valence-corrected chi connectivity index (χ4v) is 3.40. The van der Waals surface area contributed by atoms with Gasteiger partial charge in [-0.2, -0.15) is 4.98 Å². The lowest BCUT2D eigenvalue weighted by atomic mass is 9.85. The van der Waals surface area contributed by atoms with Crippen molar-refractivity contribution in [1.29, 1.82) is 0 Å². The van der Waals surface area contributed by atoms with Gasteiger partial charge in [-0.15, -0.1) is 0 Å². The number of aromatic nitrogens is 2. The summed E-state index contributed by atoms with van der Waals surface area (Å²) in [7, 11) is 1.81. The van der Waals surface area contributed by atoms with E-state index in [0.717, 1.165) is 15.9 Å². The predicted molar refractivity (Wildman–Crippen MR) is 95.8 cm³/mol. The molecule has 3 rings (SSSR count). The monoisotopic (exact) mass is 394 g/mol. The van der Waals surface area contributed by atoms with Gasteiger partial charge in [0, 0.05) is 32.8 Å². The van der Waals surface area contributed by atoms with Crippen LogP contribution in [0.4, 0.5) is 16.2 Å². The molecule has 2 heterocycles. The van der Waals surface area contributed by atoms with Gasteiger partial charge in [0.2, 0.25) is 5.95 Å². The van der Waals surface area contributed by atoms with E-state index in [1.165, 1.54) is 12.1 Å². The average Bonchev–Trinajstić information content (AvgIpc) is 2.56. The van der Waals surface area contributed by atoms with E-state index in [2.05, 4.69) is 36.1 Å². The van der Waals surface area contributed by atoms with Gasteiger partial charge in [0.15, 0.2) is 0 Å². The Morgan fingerprint density at radius 3 is 2.79 bits per heavy atom. The van der Waals surface area contributed by atoms with Crippen LogP contribution in [0.2, 0.25) is 0 Å². The molecule has 1 fully saturated rings. The molecule has 1 aliphatic heterocycles. The molecule has 0 bridgehead atoms. The van der Waals surface area contributed by atoms with E-state index >= 15 is 0 Å². The Balaban J connectivity index is 1.66. The molecular weight excluding hydrogens is 375 g/mol. The Labute approximate surface area is 149 Å². The molecule has 0 amide bonds. The molecule has 0 atom stereocenters. The number of piperidine rings is 1. The summed E-state index contributed by atoms with van der Waals surface area (Å²) in [4.78, 5) is 10.9. The molecule has 0 aliphatic carbocycles. The molecule has 1 aromatic carbocycles. The maximum absolute atomic E-state index is 13.3. The average molecular weight is 395 g/mol. The normalized spacial score (nSPS) is 16.9. The van der Waals surface area contributed by atoms with Gasteiger partial charge in [0.1, 0.15) is 11.6 Å². The van der Waals surface area contributed by atoms with Crippen LogP contribution in [-0.4, -0.2) is 40.8 Å². The van der Waals surface area contributed by atoms with Crippen LogP contribution in [0.1, 0.15) is 18.4 Å². The number of nitrogens with one attached hydrogen (secondary N) is 1. The van der Waals surface area contributed by atoms with E-state index in [1.54, 1.807) is 12.3 Å². The fraction of sp³-hybridized carbons (Fsp3) is 0.412. The molecule has 0 radical (unpaired) electrons.